The van der Waals surface area contributed by atoms with Gasteiger partial charge in [-0.15, -0.1) is 0 Å². The lowest BCUT2D eigenvalue weighted by molar-refractivity contribution is 0.00578. The molecule has 0 bridgehead atoms. The smallest absolute Gasteiger partial charge is 0.399 e. The summed E-state index contributed by atoms with van der Waals surface area (Å²) in [6.07, 6.45) is 5.53. The largest absolute Gasteiger partial charge is 0.497 e. The summed E-state index contributed by atoms with van der Waals surface area (Å²) in [6.45, 7) is 12.4. The van der Waals surface area contributed by atoms with E-state index in [-0.39, 0.29) is 11.2 Å². The molecule has 3 heterocycles. The Hall–Kier alpha value is -2.18. The molecule has 3 aromatic rings. The van der Waals surface area contributed by atoms with Gasteiger partial charge in [0.05, 0.1) is 34.8 Å². The Bertz CT molecular complexity index is 978. The van der Waals surface area contributed by atoms with Crippen molar-refractivity contribution in [1.82, 2.24) is 14.8 Å². The second-order valence-corrected chi connectivity index (χ2v) is 8.10. The first-order valence-corrected chi connectivity index (χ1v) is 8.94. The van der Waals surface area contributed by atoms with Gasteiger partial charge < -0.3 is 9.31 Å². The van der Waals surface area contributed by atoms with Crippen molar-refractivity contribution in [1.29, 1.82) is 0 Å². The van der Waals surface area contributed by atoms with Crippen molar-refractivity contribution in [3.63, 3.8) is 0 Å². The highest BCUT2D eigenvalue weighted by Gasteiger charge is 2.52. The first kappa shape index (κ1) is 17.2. The van der Waals surface area contributed by atoms with E-state index in [1.807, 2.05) is 23.3 Å². The average molecular weight is 349 g/mol. The van der Waals surface area contributed by atoms with Gasteiger partial charge in [0.2, 0.25) is 0 Å². The summed E-state index contributed by atoms with van der Waals surface area (Å²) in [5.74, 6) is 0. The molecule has 0 radical (unpaired) electrons. The van der Waals surface area contributed by atoms with E-state index in [4.69, 9.17) is 9.31 Å². The van der Waals surface area contributed by atoms with Crippen LogP contribution < -0.4 is 5.46 Å². The summed E-state index contributed by atoms with van der Waals surface area (Å²) in [5.41, 5.74) is 4.56. The molecule has 0 unspecified atom stereocenters. The maximum absolute atomic E-state index is 6.21. The molecule has 0 atom stereocenters. The Kier molecular flexibility index (Phi) is 3.76. The SMILES string of the molecule is Cc1ccc(-n2ncc3c(B4OC(C)(C)C(C)(C)O4)cncc32)c(C)c1. The number of nitrogens with zero attached hydrogens (tertiary/aromatic N) is 3. The lowest BCUT2D eigenvalue weighted by atomic mass is 9.78. The number of hydrogen-bond donors (Lipinski definition) is 0. The Morgan fingerprint density at radius 1 is 0.962 bits per heavy atom. The number of fused-ring (bicyclic) bond motifs is 1. The van der Waals surface area contributed by atoms with Crippen LogP contribution in [0.15, 0.2) is 36.8 Å². The normalized spacial score (nSPS) is 18.6. The predicted octanol–water partition coefficient (Wildman–Crippen LogP) is 3.34. The fourth-order valence-corrected chi connectivity index (χ4v) is 3.36. The number of aryl methyl sites for hydroxylation is 2. The van der Waals surface area contributed by atoms with Gasteiger partial charge in [0.25, 0.3) is 0 Å². The van der Waals surface area contributed by atoms with Crippen LogP contribution in [0.3, 0.4) is 0 Å². The van der Waals surface area contributed by atoms with Crippen molar-refractivity contribution >= 4 is 23.5 Å². The molecule has 1 aliphatic heterocycles. The molecule has 2 aromatic heterocycles. The number of benzene rings is 1. The predicted molar refractivity (Wildman–Crippen MR) is 104 cm³/mol. The van der Waals surface area contributed by atoms with Crippen LogP contribution >= 0.6 is 0 Å². The van der Waals surface area contributed by atoms with E-state index in [1.54, 1.807) is 0 Å². The van der Waals surface area contributed by atoms with Gasteiger partial charge in [-0.25, -0.2) is 4.68 Å². The third kappa shape index (κ3) is 2.56. The zero-order valence-electron chi connectivity index (χ0n) is 16.2. The summed E-state index contributed by atoms with van der Waals surface area (Å²) in [7, 11) is -0.451. The van der Waals surface area contributed by atoms with Crippen molar-refractivity contribution in [3.05, 3.63) is 47.9 Å². The Morgan fingerprint density at radius 2 is 1.65 bits per heavy atom. The molecule has 1 saturated heterocycles. The molecule has 0 spiro atoms. The molecular weight excluding hydrogens is 325 g/mol. The summed E-state index contributed by atoms with van der Waals surface area (Å²) in [5, 5.41) is 5.62. The molecule has 0 amide bonds. The molecular formula is C20H24BN3O2. The minimum atomic E-state index is -0.451. The van der Waals surface area contributed by atoms with E-state index >= 15 is 0 Å². The minimum absolute atomic E-state index is 0.386. The number of aromatic nitrogens is 3. The van der Waals surface area contributed by atoms with Crippen LogP contribution in [0, 0.1) is 13.8 Å². The highest BCUT2D eigenvalue weighted by Crippen LogP contribution is 2.37. The van der Waals surface area contributed by atoms with E-state index < -0.39 is 7.12 Å². The second kappa shape index (κ2) is 5.66. The van der Waals surface area contributed by atoms with Crippen molar-refractivity contribution in [2.24, 2.45) is 0 Å². The van der Waals surface area contributed by atoms with Crippen LogP contribution in [0.1, 0.15) is 38.8 Å². The summed E-state index contributed by atoms with van der Waals surface area (Å²) < 4.78 is 14.4. The number of rotatable bonds is 2. The molecule has 1 aliphatic rings. The standard InChI is InChI=1S/C20H24BN3O2/c1-13-7-8-17(14(2)9-13)24-18-12-22-11-16(15(18)10-23-24)21-25-19(3,4)20(5,6)26-21/h7-12H,1-6H3. The van der Waals surface area contributed by atoms with E-state index in [1.165, 1.54) is 11.1 Å². The van der Waals surface area contributed by atoms with Crippen molar-refractivity contribution in [3.8, 4) is 5.69 Å². The Balaban J connectivity index is 1.82. The lowest BCUT2D eigenvalue weighted by Gasteiger charge is -2.32. The maximum atomic E-state index is 6.21. The van der Waals surface area contributed by atoms with Crippen molar-refractivity contribution < 1.29 is 9.31 Å². The number of hydrogen-bond acceptors (Lipinski definition) is 4. The van der Waals surface area contributed by atoms with Gasteiger partial charge >= 0.3 is 7.12 Å². The first-order valence-electron chi connectivity index (χ1n) is 8.94. The van der Waals surface area contributed by atoms with Crippen LogP contribution in [0.2, 0.25) is 0 Å². The monoisotopic (exact) mass is 349 g/mol. The Morgan fingerprint density at radius 3 is 2.31 bits per heavy atom. The first-order chi connectivity index (χ1) is 12.2. The fraction of sp³-hybridized carbons (Fsp3) is 0.400. The maximum Gasteiger partial charge on any atom is 0.497 e. The molecule has 134 valence electrons. The van der Waals surface area contributed by atoms with Gasteiger partial charge in [0.1, 0.15) is 0 Å². The molecule has 4 rings (SSSR count). The third-order valence-electron chi connectivity index (χ3n) is 5.62. The zero-order chi connectivity index (χ0) is 18.7. The molecule has 0 saturated carbocycles. The minimum Gasteiger partial charge on any atom is -0.399 e. The van der Waals surface area contributed by atoms with Crippen LogP contribution in [-0.4, -0.2) is 33.1 Å². The fourth-order valence-electron chi connectivity index (χ4n) is 3.36. The van der Waals surface area contributed by atoms with Crippen molar-refractivity contribution in [2.45, 2.75) is 52.7 Å². The summed E-state index contributed by atoms with van der Waals surface area (Å²) in [4.78, 5) is 4.44. The van der Waals surface area contributed by atoms with Crippen molar-refractivity contribution in [2.75, 3.05) is 0 Å². The zero-order valence-corrected chi connectivity index (χ0v) is 16.2. The third-order valence-corrected chi connectivity index (χ3v) is 5.62. The van der Waals surface area contributed by atoms with Crippen LogP contribution in [0.25, 0.3) is 16.6 Å². The van der Waals surface area contributed by atoms with Gasteiger partial charge in [-0.3, -0.25) is 4.98 Å². The summed E-state index contributed by atoms with van der Waals surface area (Å²) in [6, 6.07) is 6.36. The second-order valence-electron chi connectivity index (χ2n) is 8.10. The van der Waals surface area contributed by atoms with Gasteiger partial charge in [-0.1, -0.05) is 17.7 Å². The molecule has 0 aliphatic carbocycles. The van der Waals surface area contributed by atoms with Gasteiger partial charge in [0.15, 0.2) is 0 Å². The average Bonchev–Trinajstić information content (AvgIpc) is 3.06. The van der Waals surface area contributed by atoms with E-state index in [9.17, 15) is 0 Å². The van der Waals surface area contributed by atoms with E-state index in [0.29, 0.717) is 0 Å². The molecule has 1 aromatic carbocycles. The summed E-state index contributed by atoms with van der Waals surface area (Å²) >= 11 is 0. The van der Waals surface area contributed by atoms with E-state index in [0.717, 1.165) is 22.1 Å². The molecule has 1 fully saturated rings. The van der Waals surface area contributed by atoms with Crippen LogP contribution in [0.5, 0.6) is 0 Å². The molecule has 26 heavy (non-hydrogen) atoms. The lowest BCUT2D eigenvalue weighted by Crippen LogP contribution is -2.41. The van der Waals surface area contributed by atoms with Crippen LogP contribution in [0.4, 0.5) is 0 Å². The molecule has 0 N–H and O–H groups in total. The highest BCUT2D eigenvalue weighted by atomic mass is 16.7. The quantitative estimate of drug-likeness (QED) is 0.666. The molecule has 6 heteroatoms. The molecule has 5 nitrogen and oxygen atoms in total. The highest BCUT2D eigenvalue weighted by molar-refractivity contribution is 6.65. The topological polar surface area (TPSA) is 49.2 Å². The van der Waals surface area contributed by atoms with E-state index in [2.05, 4.69) is 69.8 Å². The Labute approximate surface area is 154 Å². The van der Waals surface area contributed by atoms with Gasteiger partial charge in [-0.05, 0) is 53.2 Å². The van der Waals surface area contributed by atoms with Gasteiger partial charge in [-0.2, -0.15) is 5.10 Å². The van der Waals surface area contributed by atoms with Crippen LogP contribution in [-0.2, 0) is 9.31 Å². The number of pyridine rings is 1. The van der Waals surface area contributed by atoms with Gasteiger partial charge in [0, 0.05) is 17.0 Å².